The molecule has 1 aromatic rings. The fourth-order valence-electron chi connectivity index (χ4n) is 4.03. The number of carbonyl (C=O) groups is 1. The van der Waals surface area contributed by atoms with Crippen LogP contribution in [0.15, 0.2) is 24.3 Å². The van der Waals surface area contributed by atoms with Crippen LogP contribution in [-0.4, -0.2) is 16.6 Å². The third-order valence-corrected chi connectivity index (χ3v) is 5.72. The summed E-state index contributed by atoms with van der Waals surface area (Å²) in [6.07, 6.45) is 8.67. The van der Waals surface area contributed by atoms with Crippen molar-refractivity contribution in [2.24, 2.45) is 5.41 Å². The van der Waals surface area contributed by atoms with E-state index in [-0.39, 0.29) is 0 Å². The number of benzene rings is 1. The first kappa shape index (κ1) is 14.7. The monoisotopic (exact) mass is 307 g/mol. The van der Waals surface area contributed by atoms with Crippen LogP contribution < -0.4 is 5.32 Å². The Balaban J connectivity index is 1.75. The molecule has 0 saturated heterocycles. The summed E-state index contributed by atoms with van der Waals surface area (Å²) >= 11 is 5.89. The van der Waals surface area contributed by atoms with E-state index in [9.17, 15) is 9.90 Å². The maximum Gasteiger partial charge on any atom is 0.329 e. The molecule has 0 aromatic heterocycles. The van der Waals surface area contributed by atoms with Crippen molar-refractivity contribution in [1.82, 2.24) is 0 Å². The van der Waals surface area contributed by atoms with Crippen molar-refractivity contribution in [3.63, 3.8) is 0 Å². The molecule has 2 saturated carbocycles. The number of hydrogen-bond donors (Lipinski definition) is 2. The maximum absolute atomic E-state index is 11.9. The van der Waals surface area contributed by atoms with Crippen LogP contribution in [0.5, 0.6) is 0 Å². The first-order valence-electron chi connectivity index (χ1n) is 7.81. The Hall–Kier alpha value is -1.22. The molecule has 1 spiro atoms. The summed E-state index contributed by atoms with van der Waals surface area (Å²) in [5.41, 5.74) is 0.451. The first-order chi connectivity index (χ1) is 10.0. The molecule has 1 aromatic carbocycles. The van der Waals surface area contributed by atoms with Gasteiger partial charge in [-0.2, -0.15) is 0 Å². The maximum atomic E-state index is 11.9. The fourth-order valence-corrected chi connectivity index (χ4v) is 4.16. The Morgan fingerprint density at radius 1 is 1.00 bits per heavy atom. The van der Waals surface area contributed by atoms with Crippen molar-refractivity contribution < 1.29 is 9.90 Å². The first-order valence-corrected chi connectivity index (χ1v) is 8.19. The van der Waals surface area contributed by atoms with Crippen LogP contribution in [0.25, 0.3) is 0 Å². The van der Waals surface area contributed by atoms with Crippen molar-refractivity contribution >= 4 is 23.3 Å². The highest BCUT2D eigenvalue weighted by Crippen LogP contribution is 2.51. The normalized spacial score (nSPS) is 23.1. The number of carboxylic acid groups (broad SMARTS) is 1. The molecule has 21 heavy (non-hydrogen) atoms. The molecular formula is C17H22ClNO2. The van der Waals surface area contributed by atoms with E-state index in [1.54, 1.807) is 12.1 Å². The number of hydrogen-bond acceptors (Lipinski definition) is 2. The van der Waals surface area contributed by atoms with Gasteiger partial charge in [-0.15, -0.1) is 0 Å². The Labute approximate surface area is 130 Å². The smallest absolute Gasteiger partial charge is 0.329 e. The molecule has 0 heterocycles. The summed E-state index contributed by atoms with van der Waals surface area (Å²) in [6.45, 7) is 0. The number of anilines is 1. The van der Waals surface area contributed by atoms with Gasteiger partial charge in [0.2, 0.25) is 0 Å². The van der Waals surface area contributed by atoms with Gasteiger partial charge in [0.1, 0.15) is 5.54 Å². The molecule has 4 heteroatoms. The zero-order chi connectivity index (χ0) is 14.9. The number of nitrogens with one attached hydrogen (secondary N) is 1. The lowest BCUT2D eigenvalue weighted by Crippen LogP contribution is -2.50. The molecule has 0 bridgehead atoms. The van der Waals surface area contributed by atoms with Gasteiger partial charge in [-0.05, 0) is 68.2 Å². The van der Waals surface area contributed by atoms with Crippen LogP contribution in [0.4, 0.5) is 5.69 Å². The molecule has 0 radical (unpaired) electrons. The average molecular weight is 308 g/mol. The van der Waals surface area contributed by atoms with Gasteiger partial charge in [-0.25, -0.2) is 4.79 Å². The van der Waals surface area contributed by atoms with Gasteiger partial charge in [0.15, 0.2) is 0 Å². The van der Waals surface area contributed by atoms with Crippen LogP contribution >= 0.6 is 11.6 Å². The molecule has 0 atom stereocenters. The van der Waals surface area contributed by atoms with Gasteiger partial charge < -0.3 is 10.4 Å². The summed E-state index contributed by atoms with van der Waals surface area (Å²) in [4.78, 5) is 11.9. The molecule has 0 amide bonds. The molecule has 114 valence electrons. The third kappa shape index (κ3) is 2.89. The SMILES string of the molecule is O=C(O)C1(Nc2ccc(Cl)cc2)CCC2(CCCC2)CC1. The van der Waals surface area contributed by atoms with Gasteiger partial charge >= 0.3 is 5.97 Å². The average Bonchev–Trinajstić information content (AvgIpc) is 2.93. The van der Waals surface area contributed by atoms with Crippen molar-refractivity contribution in [1.29, 1.82) is 0 Å². The second kappa shape index (κ2) is 5.53. The zero-order valence-electron chi connectivity index (χ0n) is 12.2. The van der Waals surface area contributed by atoms with Gasteiger partial charge in [0, 0.05) is 10.7 Å². The molecule has 0 aliphatic heterocycles. The molecule has 2 aliphatic rings. The molecule has 3 rings (SSSR count). The lowest BCUT2D eigenvalue weighted by atomic mass is 9.66. The fraction of sp³-hybridized carbons (Fsp3) is 0.588. The second-order valence-corrected chi connectivity index (χ2v) is 7.16. The van der Waals surface area contributed by atoms with E-state index >= 15 is 0 Å². The van der Waals surface area contributed by atoms with E-state index in [4.69, 9.17) is 11.6 Å². The molecule has 3 nitrogen and oxygen atoms in total. The van der Waals surface area contributed by atoms with E-state index in [1.807, 2.05) is 12.1 Å². The molecular weight excluding hydrogens is 286 g/mol. The molecule has 0 unspecified atom stereocenters. The van der Waals surface area contributed by atoms with Gasteiger partial charge in [0.05, 0.1) is 0 Å². The molecule has 2 aliphatic carbocycles. The van der Waals surface area contributed by atoms with Crippen molar-refractivity contribution in [2.45, 2.75) is 56.9 Å². The van der Waals surface area contributed by atoms with E-state index in [2.05, 4.69) is 5.32 Å². The highest BCUT2D eigenvalue weighted by Gasteiger charge is 2.48. The quantitative estimate of drug-likeness (QED) is 0.850. The Morgan fingerprint density at radius 3 is 2.10 bits per heavy atom. The van der Waals surface area contributed by atoms with Crippen molar-refractivity contribution in [3.05, 3.63) is 29.3 Å². The van der Waals surface area contributed by atoms with Crippen LogP contribution in [-0.2, 0) is 4.79 Å². The highest BCUT2D eigenvalue weighted by molar-refractivity contribution is 6.30. The zero-order valence-corrected chi connectivity index (χ0v) is 13.0. The minimum Gasteiger partial charge on any atom is -0.480 e. The molecule has 2 fully saturated rings. The van der Waals surface area contributed by atoms with E-state index < -0.39 is 11.5 Å². The van der Waals surface area contributed by atoms with E-state index in [0.29, 0.717) is 23.3 Å². The van der Waals surface area contributed by atoms with Crippen LogP contribution in [0.2, 0.25) is 5.02 Å². The Morgan fingerprint density at radius 2 is 1.57 bits per heavy atom. The number of carboxylic acids is 1. The molecule has 2 N–H and O–H groups in total. The van der Waals surface area contributed by atoms with Crippen LogP contribution in [0, 0.1) is 5.41 Å². The lowest BCUT2D eigenvalue weighted by molar-refractivity contribution is -0.144. The second-order valence-electron chi connectivity index (χ2n) is 6.73. The predicted molar refractivity (Wildman–Crippen MR) is 84.8 cm³/mol. The standard InChI is InChI=1S/C17H22ClNO2/c18-13-3-5-14(6-4-13)19-17(15(20)21)11-9-16(10-12-17)7-1-2-8-16/h3-6,19H,1-2,7-12H2,(H,20,21). The Bertz CT molecular complexity index is 510. The third-order valence-electron chi connectivity index (χ3n) is 5.47. The van der Waals surface area contributed by atoms with Gasteiger partial charge in [0.25, 0.3) is 0 Å². The van der Waals surface area contributed by atoms with Crippen LogP contribution in [0.3, 0.4) is 0 Å². The lowest BCUT2D eigenvalue weighted by Gasteiger charge is -2.43. The van der Waals surface area contributed by atoms with Crippen molar-refractivity contribution in [3.8, 4) is 0 Å². The minimum absolute atomic E-state index is 0.431. The van der Waals surface area contributed by atoms with E-state index in [1.165, 1.54) is 25.7 Å². The number of aliphatic carboxylic acids is 1. The van der Waals surface area contributed by atoms with Gasteiger partial charge in [-0.3, -0.25) is 0 Å². The summed E-state index contributed by atoms with van der Waals surface area (Å²) in [5.74, 6) is -0.731. The summed E-state index contributed by atoms with van der Waals surface area (Å²) in [7, 11) is 0. The van der Waals surface area contributed by atoms with Gasteiger partial charge in [-0.1, -0.05) is 24.4 Å². The van der Waals surface area contributed by atoms with Crippen LogP contribution in [0.1, 0.15) is 51.4 Å². The minimum atomic E-state index is -0.818. The number of halogens is 1. The highest BCUT2D eigenvalue weighted by atomic mass is 35.5. The number of rotatable bonds is 3. The summed E-state index contributed by atoms with van der Waals surface area (Å²) in [5, 5.41) is 13.7. The summed E-state index contributed by atoms with van der Waals surface area (Å²) in [6, 6.07) is 7.29. The summed E-state index contributed by atoms with van der Waals surface area (Å²) < 4.78 is 0. The predicted octanol–water partition coefficient (Wildman–Crippen LogP) is 4.71. The largest absolute Gasteiger partial charge is 0.480 e. The van der Waals surface area contributed by atoms with E-state index in [0.717, 1.165) is 18.5 Å². The topological polar surface area (TPSA) is 49.3 Å². The van der Waals surface area contributed by atoms with Crippen molar-refractivity contribution in [2.75, 3.05) is 5.32 Å². The Kier molecular flexibility index (Phi) is 3.87.